The minimum absolute atomic E-state index is 0.273. The molecule has 0 amide bonds. The molecule has 2 N–H and O–H groups in total. The number of ether oxygens (including phenoxy) is 2. The second-order valence-electron chi connectivity index (χ2n) is 6.67. The van der Waals surface area contributed by atoms with E-state index in [9.17, 15) is 0 Å². The average Bonchev–Trinajstić information content (AvgIpc) is 3.36. The second kappa shape index (κ2) is 6.03. The van der Waals surface area contributed by atoms with Gasteiger partial charge in [-0.1, -0.05) is 11.6 Å². The highest BCUT2D eigenvalue weighted by atomic mass is 35.5. The van der Waals surface area contributed by atoms with Gasteiger partial charge in [0.1, 0.15) is 0 Å². The summed E-state index contributed by atoms with van der Waals surface area (Å²) in [7, 11) is 0. The fourth-order valence-corrected chi connectivity index (χ4v) is 3.70. The van der Waals surface area contributed by atoms with Gasteiger partial charge in [-0.25, -0.2) is 0 Å². The Morgan fingerprint density at radius 3 is 2.92 bits per heavy atom. The number of hydrogen-bond donors (Lipinski definition) is 2. The minimum atomic E-state index is 0.273. The molecule has 2 aliphatic heterocycles. The summed E-state index contributed by atoms with van der Waals surface area (Å²) in [5, 5.41) is 15.7. The summed E-state index contributed by atoms with van der Waals surface area (Å²) in [6, 6.07) is 5.95. The maximum absolute atomic E-state index is 6.32. The van der Waals surface area contributed by atoms with Gasteiger partial charge in [-0.2, -0.15) is 10.2 Å². The molecule has 0 spiro atoms. The lowest BCUT2D eigenvalue weighted by Crippen LogP contribution is -2.30. The molecule has 0 radical (unpaired) electrons. The van der Waals surface area contributed by atoms with E-state index in [1.165, 1.54) is 11.3 Å². The Morgan fingerprint density at radius 2 is 2.08 bits per heavy atom. The Kier molecular flexibility index (Phi) is 3.65. The van der Waals surface area contributed by atoms with E-state index in [-0.39, 0.29) is 6.79 Å². The highest BCUT2D eigenvalue weighted by molar-refractivity contribution is 6.31. The number of hydrogen-bond acceptors (Lipinski definition) is 5. The molecule has 4 heterocycles. The number of halogens is 1. The van der Waals surface area contributed by atoms with E-state index in [0.29, 0.717) is 6.54 Å². The topological polar surface area (TPSA) is 79.1 Å². The van der Waals surface area contributed by atoms with Crippen LogP contribution in [0.2, 0.25) is 5.02 Å². The molecule has 26 heavy (non-hydrogen) atoms. The lowest BCUT2D eigenvalue weighted by Gasteiger charge is -2.26. The zero-order chi connectivity index (χ0) is 17.7. The Bertz CT molecular complexity index is 980. The van der Waals surface area contributed by atoms with Crippen molar-refractivity contribution in [2.24, 2.45) is 0 Å². The molecule has 0 unspecified atom stereocenters. The number of nitrogens with one attached hydrogen (secondary N) is 2. The van der Waals surface area contributed by atoms with Crippen LogP contribution in [0.4, 0.5) is 0 Å². The molecule has 8 heteroatoms. The van der Waals surface area contributed by atoms with Gasteiger partial charge in [0, 0.05) is 42.9 Å². The van der Waals surface area contributed by atoms with Crippen molar-refractivity contribution in [2.75, 3.05) is 13.3 Å². The zero-order valence-corrected chi connectivity index (χ0v) is 15.1. The number of fused-ring (bicyclic) bond motifs is 2. The van der Waals surface area contributed by atoms with Crippen molar-refractivity contribution in [1.29, 1.82) is 0 Å². The molecule has 134 valence electrons. The van der Waals surface area contributed by atoms with Gasteiger partial charge in [-0.3, -0.25) is 15.1 Å². The molecule has 0 saturated carbocycles. The summed E-state index contributed by atoms with van der Waals surface area (Å²) in [6.45, 7) is 4.67. The first-order chi connectivity index (χ1) is 12.7. The van der Waals surface area contributed by atoms with E-state index in [0.717, 1.165) is 58.7 Å². The largest absolute Gasteiger partial charge is 0.454 e. The van der Waals surface area contributed by atoms with Gasteiger partial charge >= 0.3 is 0 Å². The van der Waals surface area contributed by atoms with Crippen molar-refractivity contribution < 1.29 is 9.47 Å². The first-order valence-electron chi connectivity index (χ1n) is 8.57. The Hall–Kier alpha value is -2.51. The van der Waals surface area contributed by atoms with Gasteiger partial charge in [0.15, 0.2) is 11.5 Å². The van der Waals surface area contributed by atoms with Crippen LogP contribution in [0.3, 0.4) is 0 Å². The van der Waals surface area contributed by atoms with Crippen LogP contribution in [0.5, 0.6) is 11.5 Å². The lowest BCUT2D eigenvalue weighted by molar-refractivity contribution is 0.174. The lowest BCUT2D eigenvalue weighted by atomic mass is 10.0. The van der Waals surface area contributed by atoms with Crippen LogP contribution in [0.25, 0.3) is 11.3 Å². The van der Waals surface area contributed by atoms with E-state index in [1.807, 2.05) is 25.1 Å². The van der Waals surface area contributed by atoms with Crippen molar-refractivity contribution in [3.8, 4) is 22.8 Å². The van der Waals surface area contributed by atoms with Crippen LogP contribution in [0.15, 0.2) is 18.2 Å². The normalized spacial score (nSPS) is 16.1. The molecule has 0 aliphatic carbocycles. The number of aryl methyl sites for hydroxylation is 1. The summed E-state index contributed by atoms with van der Waals surface area (Å²) >= 11 is 6.32. The maximum Gasteiger partial charge on any atom is 0.231 e. The van der Waals surface area contributed by atoms with Crippen molar-refractivity contribution in [3.63, 3.8) is 0 Å². The van der Waals surface area contributed by atoms with E-state index in [4.69, 9.17) is 21.1 Å². The summed E-state index contributed by atoms with van der Waals surface area (Å²) in [6.07, 6.45) is 0.925. The van der Waals surface area contributed by atoms with Crippen molar-refractivity contribution in [2.45, 2.75) is 26.4 Å². The number of aromatic nitrogens is 4. The maximum atomic E-state index is 6.32. The first-order valence-corrected chi connectivity index (χ1v) is 8.94. The van der Waals surface area contributed by atoms with Crippen LogP contribution in [0.1, 0.15) is 22.6 Å². The molecule has 0 saturated heterocycles. The van der Waals surface area contributed by atoms with Crippen LogP contribution < -0.4 is 9.47 Å². The quantitative estimate of drug-likeness (QED) is 0.739. The summed E-state index contributed by atoms with van der Waals surface area (Å²) in [4.78, 5) is 2.34. The monoisotopic (exact) mass is 371 g/mol. The third kappa shape index (κ3) is 2.55. The van der Waals surface area contributed by atoms with E-state index >= 15 is 0 Å². The fourth-order valence-electron chi connectivity index (χ4n) is 3.55. The van der Waals surface area contributed by atoms with Gasteiger partial charge in [-0.15, -0.1) is 0 Å². The standard InChI is InChI=1S/C18H18ClN5O2/c1-10-17(19)14(22-20-10)8-24-5-4-13-12(7-24)18(23-21-13)11-2-3-15-16(6-11)26-9-25-15/h2-3,6H,4-5,7-9H2,1H3,(H,20,22)(H,21,23). The highest BCUT2D eigenvalue weighted by Gasteiger charge is 2.25. The molecule has 2 aromatic heterocycles. The fraction of sp³-hybridized carbons (Fsp3) is 0.333. The number of H-pyrrole nitrogens is 2. The summed E-state index contributed by atoms with van der Waals surface area (Å²) in [5.41, 5.74) is 6.20. The van der Waals surface area contributed by atoms with Crippen molar-refractivity contribution >= 4 is 11.6 Å². The van der Waals surface area contributed by atoms with E-state index < -0.39 is 0 Å². The predicted molar refractivity (Wildman–Crippen MR) is 96.3 cm³/mol. The molecule has 5 rings (SSSR count). The van der Waals surface area contributed by atoms with Gasteiger partial charge in [0.05, 0.1) is 22.1 Å². The van der Waals surface area contributed by atoms with Crippen LogP contribution in [-0.4, -0.2) is 38.6 Å². The molecule has 0 atom stereocenters. The Balaban J connectivity index is 1.42. The average molecular weight is 372 g/mol. The van der Waals surface area contributed by atoms with Gasteiger partial charge in [-0.05, 0) is 25.1 Å². The Labute approximate surface area is 155 Å². The SMILES string of the molecule is Cc1[nH]nc(CN2CCc3[nH]nc(-c4ccc5c(c4)OCO5)c3C2)c1Cl. The van der Waals surface area contributed by atoms with Crippen molar-refractivity contribution in [3.05, 3.63) is 45.9 Å². The number of nitrogens with zero attached hydrogens (tertiary/aromatic N) is 3. The predicted octanol–water partition coefficient (Wildman–Crippen LogP) is 3.05. The zero-order valence-electron chi connectivity index (χ0n) is 14.3. The molecule has 7 nitrogen and oxygen atoms in total. The Morgan fingerprint density at radius 1 is 1.19 bits per heavy atom. The number of aromatic amines is 2. The highest BCUT2D eigenvalue weighted by Crippen LogP contribution is 2.37. The van der Waals surface area contributed by atoms with Gasteiger partial charge in [0.25, 0.3) is 0 Å². The number of benzene rings is 1. The molecular formula is C18H18ClN5O2. The van der Waals surface area contributed by atoms with Crippen LogP contribution in [-0.2, 0) is 19.5 Å². The summed E-state index contributed by atoms with van der Waals surface area (Å²) < 4.78 is 10.9. The third-order valence-corrected chi connectivity index (χ3v) is 5.47. The van der Waals surface area contributed by atoms with Gasteiger partial charge < -0.3 is 9.47 Å². The summed E-state index contributed by atoms with van der Waals surface area (Å²) in [5.74, 6) is 1.55. The molecule has 2 aliphatic rings. The van der Waals surface area contributed by atoms with Crippen LogP contribution >= 0.6 is 11.6 Å². The molecule has 0 bridgehead atoms. The molecular weight excluding hydrogens is 354 g/mol. The third-order valence-electron chi connectivity index (χ3n) is 4.97. The number of rotatable bonds is 3. The molecule has 0 fully saturated rings. The smallest absolute Gasteiger partial charge is 0.231 e. The second-order valence-corrected chi connectivity index (χ2v) is 7.05. The minimum Gasteiger partial charge on any atom is -0.454 e. The molecule has 1 aromatic carbocycles. The van der Waals surface area contributed by atoms with Crippen LogP contribution in [0, 0.1) is 6.92 Å². The first kappa shape index (κ1) is 15.7. The molecule has 3 aromatic rings. The van der Waals surface area contributed by atoms with E-state index in [1.54, 1.807) is 0 Å². The van der Waals surface area contributed by atoms with Crippen molar-refractivity contribution in [1.82, 2.24) is 25.3 Å². The van der Waals surface area contributed by atoms with E-state index in [2.05, 4.69) is 25.3 Å². The van der Waals surface area contributed by atoms with Gasteiger partial charge in [0.2, 0.25) is 6.79 Å².